The molecule has 17 heavy (non-hydrogen) atoms. The summed E-state index contributed by atoms with van der Waals surface area (Å²) in [6, 6.07) is 0.645. The van der Waals surface area contributed by atoms with Gasteiger partial charge >= 0.3 is 0 Å². The molecule has 0 aromatic carbocycles. The van der Waals surface area contributed by atoms with Crippen LogP contribution in [0, 0.1) is 5.92 Å². The van der Waals surface area contributed by atoms with Crippen LogP contribution in [0.3, 0.4) is 0 Å². The SMILES string of the molecule is C=CCN1CC(C(C)CC)NCC1(CC)CC. The van der Waals surface area contributed by atoms with Crippen molar-refractivity contribution in [1.82, 2.24) is 10.2 Å². The monoisotopic (exact) mass is 238 g/mol. The van der Waals surface area contributed by atoms with E-state index in [1.807, 2.05) is 0 Å². The number of hydrogen-bond donors (Lipinski definition) is 1. The first kappa shape index (κ1) is 14.7. The summed E-state index contributed by atoms with van der Waals surface area (Å²) in [4.78, 5) is 2.65. The lowest BCUT2D eigenvalue weighted by atomic mass is 9.84. The molecule has 1 N–H and O–H groups in total. The standard InChI is InChI=1S/C15H30N2/c1-6-10-17-11-14(13(5)7-2)16-12-15(17,8-3)9-4/h6,13-14,16H,1,7-12H2,2-5H3. The molecule has 1 heterocycles. The van der Waals surface area contributed by atoms with Crippen LogP contribution >= 0.6 is 0 Å². The van der Waals surface area contributed by atoms with Gasteiger partial charge in [0.05, 0.1) is 0 Å². The predicted molar refractivity (Wildman–Crippen MR) is 76.3 cm³/mol. The Labute approximate surface area is 107 Å². The normalized spacial score (nSPS) is 26.7. The zero-order chi connectivity index (χ0) is 12.9. The average Bonchev–Trinajstić information content (AvgIpc) is 2.38. The lowest BCUT2D eigenvalue weighted by Crippen LogP contribution is -2.65. The van der Waals surface area contributed by atoms with E-state index in [-0.39, 0.29) is 0 Å². The predicted octanol–water partition coefficient (Wildman–Crippen LogP) is 3.05. The Bertz CT molecular complexity index is 233. The molecule has 0 bridgehead atoms. The highest BCUT2D eigenvalue weighted by atomic mass is 15.3. The highest BCUT2D eigenvalue weighted by molar-refractivity contribution is 5.00. The maximum atomic E-state index is 3.92. The van der Waals surface area contributed by atoms with Gasteiger partial charge in [0.2, 0.25) is 0 Å². The lowest BCUT2D eigenvalue weighted by Gasteiger charge is -2.50. The molecule has 0 radical (unpaired) electrons. The summed E-state index contributed by atoms with van der Waals surface area (Å²) in [7, 11) is 0. The molecule has 0 aromatic rings. The van der Waals surface area contributed by atoms with Crippen LogP contribution in [-0.2, 0) is 0 Å². The van der Waals surface area contributed by atoms with Crippen molar-refractivity contribution in [3.05, 3.63) is 12.7 Å². The maximum Gasteiger partial charge on any atom is 0.0332 e. The molecule has 0 aromatic heterocycles. The second kappa shape index (κ2) is 6.55. The van der Waals surface area contributed by atoms with E-state index in [2.05, 4.69) is 50.6 Å². The number of nitrogens with zero attached hydrogens (tertiary/aromatic N) is 1. The first-order valence-corrected chi connectivity index (χ1v) is 7.22. The first-order valence-electron chi connectivity index (χ1n) is 7.22. The van der Waals surface area contributed by atoms with Crippen LogP contribution in [0.4, 0.5) is 0 Å². The van der Waals surface area contributed by atoms with Crippen molar-refractivity contribution in [3.63, 3.8) is 0 Å². The smallest absolute Gasteiger partial charge is 0.0332 e. The highest BCUT2D eigenvalue weighted by Gasteiger charge is 2.39. The minimum atomic E-state index is 0.345. The summed E-state index contributed by atoms with van der Waals surface area (Å²) < 4.78 is 0. The minimum Gasteiger partial charge on any atom is -0.311 e. The summed E-state index contributed by atoms with van der Waals surface area (Å²) in [5.74, 6) is 0.758. The molecule has 0 saturated carbocycles. The fraction of sp³-hybridized carbons (Fsp3) is 0.867. The van der Waals surface area contributed by atoms with Crippen molar-refractivity contribution in [2.75, 3.05) is 19.6 Å². The molecule has 2 unspecified atom stereocenters. The lowest BCUT2D eigenvalue weighted by molar-refractivity contribution is 0.0303. The van der Waals surface area contributed by atoms with E-state index in [1.54, 1.807) is 0 Å². The van der Waals surface area contributed by atoms with Gasteiger partial charge in [-0.15, -0.1) is 6.58 Å². The molecule has 1 saturated heterocycles. The van der Waals surface area contributed by atoms with Crippen LogP contribution in [0.2, 0.25) is 0 Å². The third-order valence-electron chi connectivity index (χ3n) is 4.78. The van der Waals surface area contributed by atoms with Crippen molar-refractivity contribution >= 4 is 0 Å². The molecule has 0 spiro atoms. The van der Waals surface area contributed by atoms with Gasteiger partial charge in [0.1, 0.15) is 0 Å². The maximum absolute atomic E-state index is 3.92. The van der Waals surface area contributed by atoms with Crippen LogP contribution in [-0.4, -0.2) is 36.1 Å². The zero-order valence-electron chi connectivity index (χ0n) is 12.1. The molecule has 100 valence electrons. The summed E-state index contributed by atoms with van der Waals surface area (Å²) >= 11 is 0. The summed E-state index contributed by atoms with van der Waals surface area (Å²) in [5, 5.41) is 3.77. The Hall–Kier alpha value is -0.340. The molecular formula is C15H30N2. The Morgan fingerprint density at radius 2 is 2.06 bits per heavy atom. The van der Waals surface area contributed by atoms with Gasteiger partial charge in [-0.2, -0.15) is 0 Å². The fourth-order valence-electron chi connectivity index (χ4n) is 2.97. The Balaban J connectivity index is 2.76. The second-order valence-corrected chi connectivity index (χ2v) is 5.50. The molecule has 2 heteroatoms. The van der Waals surface area contributed by atoms with E-state index < -0.39 is 0 Å². The van der Waals surface area contributed by atoms with Crippen LogP contribution < -0.4 is 5.32 Å². The quantitative estimate of drug-likeness (QED) is 0.716. The molecule has 0 amide bonds. The van der Waals surface area contributed by atoms with Gasteiger partial charge in [-0.3, -0.25) is 4.90 Å². The molecule has 2 nitrogen and oxygen atoms in total. The second-order valence-electron chi connectivity index (χ2n) is 5.50. The Morgan fingerprint density at radius 3 is 2.53 bits per heavy atom. The first-order chi connectivity index (χ1) is 8.13. The largest absolute Gasteiger partial charge is 0.311 e. The van der Waals surface area contributed by atoms with Crippen LogP contribution in [0.15, 0.2) is 12.7 Å². The zero-order valence-corrected chi connectivity index (χ0v) is 12.1. The van der Waals surface area contributed by atoms with Crippen molar-refractivity contribution < 1.29 is 0 Å². The summed E-state index contributed by atoms with van der Waals surface area (Å²) in [6.07, 6.45) is 5.75. The van der Waals surface area contributed by atoms with E-state index in [1.165, 1.54) is 25.8 Å². The van der Waals surface area contributed by atoms with E-state index in [9.17, 15) is 0 Å². The molecule has 1 aliphatic heterocycles. The van der Waals surface area contributed by atoms with Gasteiger partial charge in [0, 0.05) is 31.2 Å². The van der Waals surface area contributed by atoms with Gasteiger partial charge < -0.3 is 5.32 Å². The van der Waals surface area contributed by atoms with E-state index >= 15 is 0 Å². The van der Waals surface area contributed by atoms with Crippen molar-refractivity contribution in [3.8, 4) is 0 Å². The van der Waals surface area contributed by atoms with Crippen molar-refractivity contribution in [2.24, 2.45) is 5.92 Å². The molecule has 0 aliphatic carbocycles. The Kier molecular flexibility index (Phi) is 5.68. The molecular weight excluding hydrogens is 208 g/mol. The topological polar surface area (TPSA) is 15.3 Å². The van der Waals surface area contributed by atoms with Gasteiger partial charge in [0.15, 0.2) is 0 Å². The summed E-state index contributed by atoms with van der Waals surface area (Å²) in [6.45, 7) is 16.5. The number of nitrogens with one attached hydrogen (secondary N) is 1. The van der Waals surface area contributed by atoms with Crippen LogP contribution in [0.5, 0.6) is 0 Å². The highest BCUT2D eigenvalue weighted by Crippen LogP contribution is 2.28. The van der Waals surface area contributed by atoms with Crippen LogP contribution in [0.25, 0.3) is 0 Å². The molecule has 1 aliphatic rings. The molecule has 2 atom stereocenters. The van der Waals surface area contributed by atoms with Gasteiger partial charge in [-0.1, -0.05) is 40.2 Å². The third-order valence-corrected chi connectivity index (χ3v) is 4.78. The molecule has 1 rings (SSSR count). The minimum absolute atomic E-state index is 0.345. The van der Waals surface area contributed by atoms with Crippen LogP contribution in [0.1, 0.15) is 47.0 Å². The number of piperazine rings is 1. The fourth-order valence-corrected chi connectivity index (χ4v) is 2.97. The molecule has 1 fully saturated rings. The Morgan fingerprint density at radius 1 is 1.41 bits per heavy atom. The van der Waals surface area contributed by atoms with E-state index in [0.29, 0.717) is 11.6 Å². The third kappa shape index (κ3) is 3.11. The van der Waals surface area contributed by atoms with Crippen molar-refractivity contribution in [2.45, 2.75) is 58.5 Å². The average molecular weight is 238 g/mol. The summed E-state index contributed by atoms with van der Waals surface area (Å²) in [5.41, 5.74) is 0.345. The van der Waals surface area contributed by atoms with Gasteiger partial charge in [0.25, 0.3) is 0 Å². The number of hydrogen-bond acceptors (Lipinski definition) is 2. The van der Waals surface area contributed by atoms with E-state index in [0.717, 1.165) is 19.0 Å². The van der Waals surface area contributed by atoms with Gasteiger partial charge in [-0.25, -0.2) is 0 Å². The van der Waals surface area contributed by atoms with Crippen molar-refractivity contribution in [1.29, 1.82) is 0 Å². The van der Waals surface area contributed by atoms with E-state index in [4.69, 9.17) is 0 Å². The number of rotatable bonds is 6. The van der Waals surface area contributed by atoms with Gasteiger partial charge in [-0.05, 0) is 18.8 Å².